The molecule has 0 spiro atoms. The van der Waals surface area contributed by atoms with Gasteiger partial charge in [-0.25, -0.2) is 0 Å². The van der Waals surface area contributed by atoms with Crippen LogP contribution in [0, 0.1) is 0 Å². The van der Waals surface area contributed by atoms with E-state index in [0.717, 1.165) is 0 Å². The van der Waals surface area contributed by atoms with E-state index in [2.05, 4.69) is 0 Å². The molecule has 2 aromatic rings. The summed E-state index contributed by atoms with van der Waals surface area (Å²) in [6.45, 7) is 0. The third-order valence-electron chi connectivity index (χ3n) is 5.20. The first-order valence-corrected chi connectivity index (χ1v) is 8.53. The Morgan fingerprint density at radius 2 is 0.821 bits per heavy atom. The maximum Gasteiger partial charge on any atom is 0.199 e. The average molecular weight is 388 g/mol. The largest absolute Gasteiger partial charge is 0.387 e. The summed E-state index contributed by atoms with van der Waals surface area (Å²) in [5.74, 6) is -2.36. The normalized spacial score (nSPS) is 35.4. The Labute approximate surface area is 159 Å². The van der Waals surface area contributed by atoms with E-state index in [9.17, 15) is 40.2 Å². The molecular formula is C20H20O8. The number of hydrogen-bond donors (Lipinski definition) is 6. The minimum Gasteiger partial charge on any atom is -0.387 e. The van der Waals surface area contributed by atoms with Gasteiger partial charge in [0.1, 0.15) is 24.4 Å². The van der Waals surface area contributed by atoms with Gasteiger partial charge in [-0.15, -0.1) is 0 Å². The van der Waals surface area contributed by atoms with E-state index in [0.29, 0.717) is 0 Å². The molecule has 0 aromatic heterocycles. The number of carbonyl (C=O) groups is 2. The fraction of sp³-hybridized carbons (Fsp3) is 0.300. The number of aliphatic hydroxyl groups is 6. The van der Waals surface area contributed by atoms with Gasteiger partial charge in [0.05, 0.1) is 0 Å². The lowest BCUT2D eigenvalue weighted by Crippen LogP contribution is -2.80. The maximum atomic E-state index is 12.7. The molecule has 6 N–H and O–H groups in total. The summed E-state index contributed by atoms with van der Waals surface area (Å²) in [5.41, 5.74) is -6.32. The topological polar surface area (TPSA) is 156 Å². The predicted octanol–water partition coefficient (Wildman–Crippen LogP) is -1.33. The number of benzene rings is 2. The minimum absolute atomic E-state index is 0.109. The summed E-state index contributed by atoms with van der Waals surface area (Å²) in [6.07, 6.45) is -9.85. The molecule has 0 heterocycles. The summed E-state index contributed by atoms with van der Waals surface area (Å²) in [5, 5.41) is 63.3. The number of aliphatic hydroxyl groups excluding tert-OH is 4. The zero-order valence-corrected chi connectivity index (χ0v) is 14.6. The van der Waals surface area contributed by atoms with Crippen LogP contribution in [-0.4, -0.2) is 77.8 Å². The van der Waals surface area contributed by atoms with Gasteiger partial charge < -0.3 is 30.6 Å². The summed E-state index contributed by atoms with van der Waals surface area (Å²) < 4.78 is 0. The molecule has 2 aromatic carbocycles. The first-order valence-electron chi connectivity index (χ1n) is 8.53. The van der Waals surface area contributed by atoms with Gasteiger partial charge in [-0.2, -0.15) is 0 Å². The van der Waals surface area contributed by atoms with E-state index in [1.165, 1.54) is 48.5 Å². The number of ketones is 2. The van der Waals surface area contributed by atoms with Crippen LogP contribution < -0.4 is 0 Å². The number of rotatable bonds is 4. The molecule has 0 aliphatic heterocycles. The van der Waals surface area contributed by atoms with E-state index < -0.39 is 47.2 Å². The Kier molecular flexibility index (Phi) is 5.20. The molecule has 1 fully saturated rings. The van der Waals surface area contributed by atoms with E-state index in [-0.39, 0.29) is 11.1 Å². The molecule has 1 aliphatic rings. The summed E-state index contributed by atoms with van der Waals surface area (Å²) >= 11 is 0. The van der Waals surface area contributed by atoms with Crippen LogP contribution in [0.1, 0.15) is 20.7 Å². The number of Topliss-reactive ketones (excluding diaryl/α,β-unsaturated/α-hetero) is 2. The van der Waals surface area contributed by atoms with Crippen LogP contribution in [-0.2, 0) is 0 Å². The van der Waals surface area contributed by atoms with E-state index in [1.54, 1.807) is 12.1 Å². The predicted molar refractivity (Wildman–Crippen MR) is 95.5 cm³/mol. The second kappa shape index (κ2) is 7.17. The Morgan fingerprint density at radius 1 is 0.571 bits per heavy atom. The lowest BCUT2D eigenvalue weighted by molar-refractivity contribution is -0.270. The van der Waals surface area contributed by atoms with E-state index in [4.69, 9.17) is 0 Å². The van der Waals surface area contributed by atoms with Crippen molar-refractivity contribution in [1.82, 2.24) is 0 Å². The van der Waals surface area contributed by atoms with Gasteiger partial charge in [0.2, 0.25) is 0 Å². The Hall–Kier alpha value is -2.46. The highest BCUT2D eigenvalue weighted by molar-refractivity contribution is 6.06. The van der Waals surface area contributed by atoms with Crippen molar-refractivity contribution in [1.29, 1.82) is 0 Å². The van der Waals surface area contributed by atoms with E-state index >= 15 is 0 Å². The van der Waals surface area contributed by atoms with Crippen molar-refractivity contribution in [2.75, 3.05) is 0 Å². The van der Waals surface area contributed by atoms with Crippen LogP contribution in [0.5, 0.6) is 0 Å². The van der Waals surface area contributed by atoms with Crippen molar-refractivity contribution < 1.29 is 40.2 Å². The summed E-state index contributed by atoms with van der Waals surface area (Å²) in [4.78, 5) is 25.5. The average Bonchev–Trinajstić information content (AvgIpc) is 2.75. The van der Waals surface area contributed by atoms with Gasteiger partial charge in [0, 0.05) is 11.1 Å². The monoisotopic (exact) mass is 388 g/mol. The lowest BCUT2D eigenvalue weighted by atomic mass is 9.63. The third kappa shape index (κ3) is 2.78. The zero-order valence-electron chi connectivity index (χ0n) is 14.6. The molecule has 148 valence electrons. The molecule has 0 radical (unpaired) electrons. The smallest absolute Gasteiger partial charge is 0.199 e. The molecule has 2 unspecified atom stereocenters. The van der Waals surface area contributed by atoms with Gasteiger partial charge in [-0.1, -0.05) is 60.7 Å². The van der Waals surface area contributed by atoms with Crippen molar-refractivity contribution >= 4 is 11.6 Å². The second-order valence-electron chi connectivity index (χ2n) is 6.82. The molecule has 1 saturated carbocycles. The van der Waals surface area contributed by atoms with Gasteiger partial charge in [-0.05, 0) is 0 Å². The highest BCUT2D eigenvalue weighted by Crippen LogP contribution is 2.40. The van der Waals surface area contributed by atoms with Gasteiger partial charge in [0.25, 0.3) is 0 Å². The van der Waals surface area contributed by atoms with Crippen LogP contribution >= 0.6 is 0 Å². The van der Waals surface area contributed by atoms with Crippen molar-refractivity contribution in [3.05, 3.63) is 71.8 Å². The standard InChI is InChI=1S/C20H20O8/c21-13(11-7-3-1-4-8-11)19(27)15(23)17(25)20(28,18(26)16(19)24)14(22)12-9-5-2-6-10-12/h1-10,15-18,23-28H/t15-,16-,17-,18+,19?,20?/m1/s1. The van der Waals surface area contributed by atoms with Gasteiger partial charge in [-0.3, -0.25) is 9.59 Å². The van der Waals surface area contributed by atoms with Crippen LogP contribution in [0.2, 0.25) is 0 Å². The maximum absolute atomic E-state index is 12.7. The fourth-order valence-corrected chi connectivity index (χ4v) is 3.49. The summed E-state index contributed by atoms with van der Waals surface area (Å²) in [7, 11) is 0. The fourth-order valence-electron chi connectivity index (χ4n) is 3.49. The Bertz CT molecular complexity index is 777. The molecule has 8 heteroatoms. The first kappa shape index (κ1) is 20.3. The highest BCUT2D eigenvalue weighted by atomic mass is 16.4. The lowest BCUT2D eigenvalue weighted by Gasteiger charge is -2.51. The SMILES string of the molecule is O=C(c1ccccc1)C1(O)[C@H](O)[C@@H](O)C(O)(C(=O)c2ccccc2)[C@@H](O)[C@H]1O. The second-order valence-corrected chi connectivity index (χ2v) is 6.82. The molecule has 1 aliphatic carbocycles. The van der Waals surface area contributed by atoms with Crippen LogP contribution in [0.15, 0.2) is 60.7 Å². The molecular weight excluding hydrogens is 368 g/mol. The van der Waals surface area contributed by atoms with Crippen molar-refractivity contribution in [3.63, 3.8) is 0 Å². The van der Waals surface area contributed by atoms with Crippen LogP contribution in [0.25, 0.3) is 0 Å². The van der Waals surface area contributed by atoms with E-state index in [1.807, 2.05) is 0 Å². The molecule has 3 rings (SSSR count). The molecule has 0 bridgehead atoms. The molecule has 28 heavy (non-hydrogen) atoms. The molecule has 8 nitrogen and oxygen atoms in total. The van der Waals surface area contributed by atoms with Crippen molar-refractivity contribution in [2.45, 2.75) is 35.6 Å². The third-order valence-corrected chi connectivity index (χ3v) is 5.20. The Balaban J connectivity index is 2.04. The summed E-state index contributed by atoms with van der Waals surface area (Å²) in [6, 6.07) is 14.3. The zero-order chi connectivity index (χ0) is 20.7. The molecule has 6 atom stereocenters. The van der Waals surface area contributed by atoms with Gasteiger partial charge >= 0.3 is 0 Å². The van der Waals surface area contributed by atoms with Crippen LogP contribution in [0.4, 0.5) is 0 Å². The highest BCUT2D eigenvalue weighted by Gasteiger charge is 2.69. The number of carbonyl (C=O) groups excluding carboxylic acids is 2. The quantitative estimate of drug-likeness (QED) is 0.352. The first-order chi connectivity index (χ1) is 13.2. The number of hydrogen-bond acceptors (Lipinski definition) is 8. The van der Waals surface area contributed by atoms with Crippen LogP contribution in [0.3, 0.4) is 0 Å². The minimum atomic E-state index is -3.05. The molecule has 0 amide bonds. The van der Waals surface area contributed by atoms with Gasteiger partial charge in [0.15, 0.2) is 22.8 Å². The van der Waals surface area contributed by atoms with Crippen molar-refractivity contribution in [2.24, 2.45) is 0 Å². The Morgan fingerprint density at radius 3 is 1.07 bits per heavy atom. The van der Waals surface area contributed by atoms with Crippen molar-refractivity contribution in [3.8, 4) is 0 Å². The molecule has 0 saturated heterocycles.